The first-order valence-corrected chi connectivity index (χ1v) is 10.00. The zero-order valence-electron chi connectivity index (χ0n) is 15.8. The Morgan fingerprint density at radius 1 is 0.654 bits per heavy atom. The van der Waals surface area contributed by atoms with Gasteiger partial charge >= 0.3 is 0 Å². The standard InChI is InChI=1S/2C12H13N/c2*1-8-6-10-4-5-11(9-2-3-9)13-12(10)7-8/h2*4-5,7,9H,2-3,6H2,1H3. The van der Waals surface area contributed by atoms with E-state index in [2.05, 4.69) is 60.2 Å². The van der Waals surface area contributed by atoms with Gasteiger partial charge in [0.25, 0.3) is 0 Å². The maximum atomic E-state index is 4.69. The second kappa shape index (κ2) is 6.19. The molecule has 2 fully saturated rings. The molecule has 0 unspecified atom stereocenters. The minimum absolute atomic E-state index is 0.777. The van der Waals surface area contributed by atoms with Crippen LogP contribution in [0.15, 0.2) is 35.4 Å². The summed E-state index contributed by atoms with van der Waals surface area (Å²) in [6.45, 7) is 4.36. The van der Waals surface area contributed by atoms with Crippen LogP contribution in [0.5, 0.6) is 0 Å². The first kappa shape index (κ1) is 16.0. The smallest absolute Gasteiger partial charge is 0.0667 e. The predicted octanol–water partition coefficient (Wildman–Crippen LogP) is 5.84. The number of aromatic nitrogens is 2. The molecular formula is C24H26N2. The summed E-state index contributed by atoms with van der Waals surface area (Å²) in [7, 11) is 0. The Kier molecular flexibility index (Phi) is 3.81. The molecule has 4 aliphatic rings. The molecule has 0 atom stereocenters. The molecule has 2 heteroatoms. The van der Waals surface area contributed by atoms with Crippen molar-refractivity contribution >= 4 is 12.2 Å². The highest BCUT2D eigenvalue weighted by Crippen LogP contribution is 2.40. The van der Waals surface area contributed by atoms with Crippen LogP contribution in [0.4, 0.5) is 0 Å². The largest absolute Gasteiger partial charge is 0.253 e. The van der Waals surface area contributed by atoms with Gasteiger partial charge in [-0.15, -0.1) is 0 Å². The van der Waals surface area contributed by atoms with Crippen LogP contribution in [0.25, 0.3) is 12.2 Å². The summed E-state index contributed by atoms with van der Waals surface area (Å²) in [5.41, 5.74) is 10.8. The van der Waals surface area contributed by atoms with Crippen LogP contribution >= 0.6 is 0 Å². The lowest BCUT2D eigenvalue weighted by atomic mass is 10.1. The third-order valence-corrected chi connectivity index (χ3v) is 5.76. The van der Waals surface area contributed by atoms with Gasteiger partial charge in [-0.05, 0) is 87.8 Å². The monoisotopic (exact) mass is 342 g/mol. The van der Waals surface area contributed by atoms with Crippen molar-refractivity contribution in [2.75, 3.05) is 0 Å². The number of fused-ring (bicyclic) bond motifs is 2. The molecule has 0 radical (unpaired) electrons. The van der Waals surface area contributed by atoms with Gasteiger partial charge in [-0.3, -0.25) is 9.97 Å². The summed E-state index contributed by atoms with van der Waals surface area (Å²) in [5, 5.41) is 0. The molecule has 0 bridgehead atoms. The van der Waals surface area contributed by atoms with Gasteiger partial charge in [-0.25, -0.2) is 0 Å². The molecule has 0 aromatic carbocycles. The Bertz CT molecular complexity index is 850. The Morgan fingerprint density at radius 3 is 1.46 bits per heavy atom. The number of allylic oxidation sites excluding steroid dienone is 2. The number of hydrogen-bond donors (Lipinski definition) is 0. The molecule has 2 aromatic heterocycles. The molecule has 132 valence electrons. The normalized spacial score (nSPS) is 19.9. The summed E-state index contributed by atoms with van der Waals surface area (Å²) < 4.78 is 0. The molecule has 0 saturated heterocycles. The van der Waals surface area contributed by atoms with E-state index < -0.39 is 0 Å². The van der Waals surface area contributed by atoms with E-state index in [1.54, 1.807) is 0 Å². The average molecular weight is 342 g/mol. The molecule has 0 aliphatic heterocycles. The van der Waals surface area contributed by atoms with Crippen molar-refractivity contribution < 1.29 is 0 Å². The van der Waals surface area contributed by atoms with Gasteiger partial charge in [0.05, 0.1) is 11.4 Å². The van der Waals surface area contributed by atoms with E-state index in [1.165, 1.54) is 70.7 Å². The van der Waals surface area contributed by atoms with Crippen molar-refractivity contribution in [2.45, 2.75) is 64.2 Å². The van der Waals surface area contributed by atoms with Gasteiger partial charge in [0.15, 0.2) is 0 Å². The Hall–Kier alpha value is -2.22. The lowest BCUT2D eigenvalue weighted by Crippen LogP contribution is -1.91. The second-order valence-electron chi connectivity index (χ2n) is 8.44. The van der Waals surface area contributed by atoms with E-state index in [4.69, 9.17) is 0 Å². The highest BCUT2D eigenvalue weighted by molar-refractivity contribution is 5.60. The summed E-state index contributed by atoms with van der Waals surface area (Å²) in [4.78, 5) is 9.38. The van der Waals surface area contributed by atoms with Crippen molar-refractivity contribution in [1.82, 2.24) is 9.97 Å². The zero-order valence-corrected chi connectivity index (χ0v) is 15.8. The highest BCUT2D eigenvalue weighted by Gasteiger charge is 2.26. The molecule has 0 N–H and O–H groups in total. The Morgan fingerprint density at radius 2 is 1.08 bits per heavy atom. The summed E-state index contributed by atoms with van der Waals surface area (Å²) in [6, 6.07) is 8.93. The number of pyridine rings is 2. The second-order valence-corrected chi connectivity index (χ2v) is 8.44. The Balaban J connectivity index is 0.000000115. The predicted molar refractivity (Wildman–Crippen MR) is 107 cm³/mol. The van der Waals surface area contributed by atoms with Crippen molar-refractivity contribution in [1.29, 1.82) is 0 Å². The number of nitrogens with zero attached hydrogens (tertiary/aromatic N) is 2. The van der Waals surface area contributed by atoms with E-state index in [1.807, 2.05) is 0 Å². The van der Waals surface area contributed by atoms with Crippen molar-refractivity contribution in [3.05, 3.63) is 69.3 Å². The van der Waals surface area contributed by atoms with Gasteiger partial charge in [-0.1, -0.05) is 23.3 Å². The first-order chi connectivity index (χ1) is 12.7. The topological polar surface area (TPSA) is 25.8 Å². The lowest BCUT2D eigenvalue weighted by molar-refractivity contribution is 1.00. The van der Waals surface area contributed by atoms with E-state index in [-0.39, 0.29) is 0 Å². The molecule has 0 spiro atoms. The molecular weight excluding hydrogens is 316 g/mol. The van der Waals surface area contributed by atoms with Gasteiger partial charge < -0.3 is 0 Å². The molecule has 2 heterocycles. The third kappa shape index (κ3) is 3.25. The fourth-order valence-electron chi connectivity index (χ4n) is 3.97. The van der Waals surface area contributed by atoms with Crippen LogP contribution in [-0.2, 0) is 12.8 Å². The van der Waals surface area contributed by atoms with Crippen molar-refractivity contribution in [3.8, 4) is 0 Å². The summed E-state index contributed by atoms with van der Waals surface area (Å²) in [6.07, 6.45) is 12.0. The average Bonchev–Trinajstić information content (AvgIpc) is 3.53. The third-order valence-electron chi connectivity index (χ3n) is 5.76. The fourth-order valence-corrected chi connectivity index (χ4v) is 3.97. The molecule has 2 saturated carbocycles. The van der Waals surface area contributed by atoms with Crippen molar-refractivity contribution in [2.24, 2.45) is 0 Å². The number of rotatable bonds is 2. The summed E-state index contributed by atoms with van der Waals surface area (Å²) >= 11 is 0. The Labute approximate surface area is 156 Å². The molecule has 4 aliphatic carbocycles. The van der Waals surface area contributed by atoms with E-state index in [0.717, 1.165) is 24.7 Å². The zero-order chi connectivity index (χ0) is 17.7. The van der Waals surface area contributed by atoms with E-state index in [0.29, 0.717) is 0 Å². The van der Waals surface area contributed by atoms with Gasteiger partial charge in [0.1, 0.15) is 0 Å². The van der Waals surface area contributed by atoms with Crippen LogP contribution in [0, 0.1) is 0 Å². The first-order valence-electron chi connectivity index (χ1n) is 10.00. The molecule has 6 rings (SSSR count). The van der Waals surface area contributed by atoms with E-state index in [9.17, 15) is 0 Å². The molecule has 2 aromatic rings. The fraction of sp³-hybridized carbons (Fsp3) is 0.417. The minimum atomic E-state index is 0.777. The quantitative estimate of drug-likeness (QED) is 0.685. The summed E-state index contributed by atoms with van der Waals surface area (Å²) in [5.74, 6) is 1.55. The van der Waals surface area contributed by atoms with Gasteiger partial charge in [0, 0.05) is 23.2 Å². The maximum Gasteiger partial charge on any atom is 0.0667 e. The van der Waals surface area contributed by atoms with Crippen LogP contribution < -0.4 is 0 Å². The molecule has 0 amide bonds. The minimum Gasteiger partial charge on any atom is -0.253 e. The SMILES string of the molecule is CC1=Cc2nc(C3CC3)ccc2C1.CC1=Cc2nc(C3CC3)ccc2C1. The van der Waals surface area contributed by atoms with Crippen LogP contribution in [0.1, 0.15) is 85.3 Å². The molecule has 2 nitrogen and oxygen atoms in total. The van der Waals surface area contributed by atoms with E-state index >= 15 is 0 Å². The van der Waals surface area contributed by atoms with Crippen LogP contribution in [0.3, 0.4) is 0 Å². The highest BCUT2D eigenvalue weighted by atomic mass is 14.7. The lowest BCUT2D eigenvalue weighted by Gasteiger charge is -2.01. The van der Waals surface area contributed by atoms with Crippen molar-refractivity contribution in [3.63, 3.8) is 0 Å². The van der Waals surface area contributed by atoms with Gasteiger partial charge in [-0.2, -0.15) is 0 Å². The van der Waals surface area contributed by atoms with Gasteiger partial charge in [0.2, 0.25) is 0 Å². The van der Waals surface area contributed by atoms with Crippen LogP contribution in [0.2, 0.25) is 0 Å². The van der Waals surface area contributed by atoms with Crippen LogP contribution in [-0.4, -0.2) is 9.97 Å². The maximum absolute atomic E-state index is 4.69. The number of hydrogen-bond acceptors (Lipinski definition) is 2. The molecule has 26 heavy (non-hydrogen) atoms.